The lowest BCUT2D eigenvalue weighted by Gasteiger charge is -2.31. The molecule has 27 heavy (non-hydrogen) atoms. The molecule has 0 radical (unpaired) electrons. The average molecular weight is 380 g/mol. The summed E-state index contributed by atoms with van der Waals surface area (Å²) in [4.78, 5) is 30.9. The molecule has 0 fully saturated rings. The standard InChI is InChI=1S/C20H33N3O4/c1-9-26-13-23-11-10-21-18(23)17(24)15(4)12-16(14(2)3)22(8)19(25)27-20(5,6)7/h10-12,14,16H,9,13H2,1-8H3. The van der Waals surface area contributed by atoms with Crippen LogP contribution in [-0.2, 0) is 16.2 Å². The molecule has 1 heterocycles. The van der Waals surface area contributed by atoms with Crippen LogP contribution in [0.4, 0.5) is 4.79 Å². The Morgan fingerprint density at radius 2 is 1.96 bits per heavy atom. The van der Waals surface area contributed by atoms with E-state index in [1.165, 1.54) is 4.90 Å². The molecule has 1 atom stereocenters. The van der Waals surface area contributed by atoms with Gasteiger partial charge in [-0.2, -0.15) is 0 Å². The lowest BCUT2D eigenvalue weighted by Crippen LogP contribution is -2.42. The summed E-state index contributed by atoms with van der Waals surface area (Å²) in [5.41, 5.74) is -0.0565. The largest absolute Gasteiger partial charge is 0.444 e. The van der Waals surface area contributed by atoms with Crippen LogP contribution in [0.1, 0.15) is 59.1 Å². The zero-order chi connectivity index (χ0) is 20.8. The minimum absolute atomic E-state index is 0.105. The maximum Gasteiger partial charge on any atom is 0.410 e. The Kier molecular flexibility index (Phi) is 8.21. The van der Waals surface area contributed by atoms with Gasteiger partial charge in [0, 0.05) is 26.0 Å². The van der Waals surface area contributed by atoms with E-state index in [0.29, 0.717) is 18.0 Å². The summed E-state index contributed by atoms with van der Waals surface area (Å²) in [6.45, 7) is 13.9. The second kappa shape index (κ2) is 9.69. The number of ether oxygens (including phenoxy) is 2. The molecular formula is C20H33N3O4. The number of Topliss-reactive ketones (excluding diaryl/α,β-unsaturated/α-hetero) is 1. The minimum Gasteiger partial charge on any atom is -0.444 e. The van der Waals surface area contributed by atoms with Gasteiger partial charge in [0.1, 0.15) is 12.3 Å². The van der Waals surface area contributed by atoms with Crippen molar-refractivity contribution < 1.29 is 19.1 Å². The van der Waals surface area contributed by atoms with Crippen LogP contribution in [0.5, 0.6) is 0 Å². The number of amides is 1. The lowest BCUT2D eigenvalue weighted by atomic mass is 9.99. The van der Waals surface area contributed by atoms with Crippen molar-refractivity contribution in [3.05, 3.63) is 29.9 Å². The van der Waals surface area contributed by atoms with Gasteiger partial charge in [0.05, 0.1) is 6.04 Å². The molecule has 0 bridgehead atoms. The van der Waals surface area contributed by atoms with Crippen LogP contribution >= 0.6 is 0 Å². The zero-order valence-corrected chi connectivity index (χ0v) is 17.8. The molecule has 1 unspecified atom stereocenters. The summed E-state index contributed by atoms with van der Waals surface area (Å²) in [7, 11) is 1.68. The van der Waals surface area contributed by atoms with Gasteiger partial charge < -0.3 is 18.9 Å². The fourth-order valence-corrected chi connectivity index (χ4v) is 2.53. The summed E-state index contributed by atoms with van der Waals surface area (Å²) in [5, 5.41) is 0. The number of carbonyl (C=O) groups excluding carboxylic acids is 2. The number of carbonyl (C=O) groups is 2. The van der Waals surface area contributed by atoms with Gasteiger partial charge in [0.15, 0.2) is 5.82 Å². The van der Waals surface area contributed by atoms with E-state index in [1.54, 1.807) is 37.0 Å². The van der Waals surface area contributed by atoms with Crippen LogP contribution < -0.4 is 0 Å². The van der Waals surface area contributed by atoms with Crippen LogP contribution in [-0.4, -0.2) is 51.6 Å². The van der Waals surface area contributed by atoms with Crippen molar-refractivity contribution in [2.45, 2.75) is 66.8 Å². The number of hydrogen-bond donors (Lipinski definition) is 0. The molecule has 1 aromatic heterocycles. The monoisotopic (exact) mass is 379 g/mol. The first-order valence-corrected chi connectivity index (χ1v) is 9.25. The molecule has 0 aliphatic heterocycles. The van der Waals surface area contributed by atoms with Crippen molar-refractivity contribution in [3.63, 3.8) is 0 Å². The zero-order valence-electron chi connectivity index (χ0n) is 17.8. The number of likely N-dealkylation sites (N-methyl/N-ethyl adjacent to an activating group) is 1. The number of nitrogens with zero attached hydrogens (tertiary/aromatic N) is 3. The Labute approximate surface area is 162 Å². The predicted molar refractivity (Wildman–Crippen MR) is 105 cm³/mol. The smallest absolute Gasteiger partial charge is 0.410 e. The Bertz CT molecular complexity index is 671. The second-order valence-corrected chi connectivity index (χ2v) is 7.85. The molecule has 0 aromatic carbocycles. The first kappa shape index (κ1) is 22.9. The van der Waals surface area contributed by atoms with Crippen LogP contribution in [0.2, 0.25) is 0 Å². The molecule has 0 aliphatic carbocycles. The van der Waals surface area contributed by atoms with Gasteiger partial charge in [-0.3, -0.25) is 4.79 Å². The molecule has 0 aliphatic rings. The van der Waals surface area contributed by atoms with Gasteiger partial charge in [0.25, 0.3) is 0 Å². The van der Waals surface area contributed by atoms with Gasteiger partial charge in [-0.25, -0.2) is 9.78 Å². The van der Waals surface area contributed by atoms with Crippen LogP contribution in [0.15, 0.2) is 24.0 Å². The average Bonchev–Trinajstić information content (AvgIpc) is 3.02. The fourth-order valence-electron chi connectivity index (χ4n) is 2.53. The van der Waals surface area contributed by atoms with E-state index >= 15 is 0 Å². The Hall–Kier alpha value is -2.15. The number of hydrogen-bond acceptors (Lipinski definition) is 5. The van der Waals surface area contributed by atoms with Gasteiger partial charge in [-0.15, -0.1) is 0 Å². The second-order valence-electron chi connectivity index (χ2n) is 7.85. The molecule has 0 saturated carbocycles. The first-order valence-electron chi connectivity index (χ1n) is 9.25. The predicted octanol–water partition coefficient (Wildman–Crippen LogP) is 3.90. The topological polar surface area (TPSA) is 73.7 Å². The highest BCUT2D eigenvalue weighted by molar-refractivity contribution is 6.06. The molecule has 1 rings (SSSR count). The summed E-state index contributed by atoms with van der Waals surface area (Å²) in [5.74, 6) is 0.232. The molecule has 0 spiro atoms. The third-order valence-corrected chi connectivity index (χ3v) is 3.94. The summed E-state index contributed by atoms with van der Waals surface area (Å²) in [6, 6.07) is -0.279. The SMILES string of the molecule is CCOCn1ccnc1C(=O)C(C)=CC(C(C)C)N(C)C(=O)OC(C)(C)C. The summed E-state index contributed by atoms with van der Waals surface area (Å²) < 4.78 is 12.5. The van der Waals surface area contributed by atoms with Crippen molar-refractivity contribution in [3.8, 4) is 0 Å². The van der Waals surface area contributed by atoms with Crippen molar-refractivity contribution >= 4 is 11.9 Å². The Balaban J connectivity index is 3.03. The molecule has 152 valence electrons. The van der Waals surface area contributed by atoms with E-state index in [1.807, 2.05) is 41.5 Å². The van der Waals surface area contributed by atoms with Gasteiger partial charge in [-0.05, 0) is 46.1 Å². The highest BCUT2D eigenvalue weighted by Crippen LogP contribution is 2.18. The van der Waals surface area contributed by atoms with Gasteiger partial charge in [0.2, 0.25) is 5.78 Å². The first-order chi connectivity index (χ1) is 12.5. The molecule has 7 nitrogen and oxygen atoms in total. The van der Waals surface area contributed by atoms with Crippen LogP contribution in [0, 0.1) is 5.92 Å². The fraction of sp³-hybridized carbons (Fsp3) is 0.650. The van der Waals surface area contributed by atoms with Crippen molar-refractivity contribution in [2.24, 2.45) is 5.92 Å². The molecule has 7 heteroatoms. The maximum absolute atomic E-state index is 12.8. The maximum atomic E-state index is 12.8. The van der Waals surface area contributed by atoms with E-state index in [-0.39, 0.29) is 24.5 Å². The molecular weight excluding hydrogens is 346 g/mol. The number of aromatic nitrogens is 2. The lowest BCUT2D eigenvalue weighted by molar-refractivity contribution is 0.0222. The van der Waals surface area contributed by atoms with Crippen LogP contribution in [0.3, 0.4) is 0 Å². The summed E-state index contributed by atoms with van der Waals surface area (Å²) >= 11 is 0. The number of imidazole rings is 1. The molecule has 0 saturated heterocycles. The minimum atomic E-state index is -0.578. The highest BCUT2D eigenvalue weighted by atomic mass is 16.6. The van der Waals surface area contributed by atoms with Crippen molar-refractivity contribution in [1.29, 1.82) is 0 Å². The van der Waals surface area contributed by atoms with E-state index in [2.05, 4.69) is 4.98 Å². The van der Waals surface area contributed by atoms with E-state index in [9.17, 15) is 9.59 Å². The van der Waals surface area contributed by atoms with Crippen LogP contribution in [0.25, 0.3) is 0 Å². The Morgan fingerprint density at radius 3 is 2.48 bits per heavy atom. The highest BCUT2D eigenvalue weighted by Gasteiger charge is 2.27. The van der Waals surface area contributed by atoms with Crippen molar-refractivity contribution in [1.82, 2.24) is 14.5 Å². The number of rotatable bonds is 8. The van der Waals surface area contributed by atoms with Gasteiger partial charge >= 0.3 is 6.09 Å². The Morgan fingerprint density at radius 1 is 1.33 bits per heavy atom. The third kappa shape index (κ3) is 6.82. The van der Waals surface area contributed by atoms with E-state index in [0.717, 1.165) is 0 Å². The molecule has 0 N–H and O–H groups in total. The molecule has 1 aromatic rings. The van der Waals surface area contributed by atoms with Gasteiger partial charge in [-0.1, -0.05) is 19.9 Å². The van der Waals surface area contributed by atoms with Crippen molar-refractivity contribution in [2.75, 3.05) is 13.7 Å². The third-order valence-electron chi connectivity index (χ3n) is 3.94. The quantitative estimate of drug-likeness (QED) is 0.506. The normalized spacial score (nSPS) is 13.6. The van der Waals surface area contributed by atoms with E-state index < -0.39 is 11.7 Å². The molecule has 1 amide bonds. The van der Waals surface area contributed by atoms with E-state index in [4.69, 9.17) is 9.47 Å². The number of allylic oxidation sites excluding steroid dienone is 1. The number of ketones is 1. The summed E-state index contributed by atoms with van der Waals surface area (Å²) in [6.07, 6.45) is 4.67.